The van der Waals surface area contributed by atoms with Gasteiger partial charge < -0.3 is 5.32 Å². The Morgan fingerprint density at radius 2 is 1.18 bits per heavy atom. The van der Waals surface area contributed by atoms with Crippen LogP contribution in [0.4, 0.5) is 0 Å². The van der Waals surface area contributed by atoms with Crippen molar-refractivity contribution in [3.8, 4) is 0 Å². The molecule has 0 aromatic carbocycles. The van der Waals surface area contributed by atoms with E-state index in [1.807, 2.05) is 0 Å². The first-order valence-corrected chi connectivity index (χ1v) is 7.40. The van der Waals surface area contributed by atoms with Gasteiger partial charge >= 0.3 is 0 Å². The molecule has 0 aliphatic carbocycles. The Morgan fingerprint density at radius 1 is 0.765 bits per heavy atom. The van der Waals surface area contributed by atoms with E-state index in [0.717, 1.165) is 12.8 Å². The fourth-order valence-corrected chi connectivity index (χ4v) is 1.79. The number of unbranched alkanes of at least 4 members (excludes halogenated alkanes) is 2. The minimum Gasteiger partial charge on any atom is -0.368 e. The molecule has 0 atom stereocenters. The van der Waals surface area contributed by atoms with Crippen LogP contribution in [0.25, 0.3) is 0 Å². The lowest BCUT2D eigenvalue weighted by atomic mass is 10.1. The Bertz CT molecular complexity index is 202. The zero-order valence-corrected chi connectivity index (χ0v) is 12.3. The predicted molar refractivity (Wildman–Crippen MR) is 78.9 cm³/mol. The average Bonchev–Trinajstić information content (AvgIpc) is 2.37. The van der Waals surface area contributed by atoms with Gasteiger partial charge in [0.2, 0.25) is 0 Å². The molecule has 0 saturated heterocycles. The monoisotopic (exact) mass is 237 g/mol. The van der Waals surface area contributed by atoms with Gasteiger partial charge in [0.05, 0.1) is 0 Å². The Balaban J connectivity index is 4.10. The van der Waals surface area contributed by atoms with Crippen molar-refractivity contribution in [2.45, 2.75) is 79.1 Å². The van der Waals surface area contributed by atoms with Gasteiger partial charge in [-0.05, 0) is 50.9 Å². The van der Waals surface area contributed by atoms with Gasteiger partial charge in [0, 0.05) is 0 Å². The second-order valence-electron chi connectivity index (χ2n) is 4.69. The highest BCUT2D eigenvalue weighted by atomic mass is 14.8. The van der Waals surface area contributed by atoms with Crippen LogP contribution in [-0.4, -0.2) is 0 Å². The Kier molecular flexibility index (Phi) is 11.3. The van der Waals surface area contributed by atoms with E-state index in [9.17, 15) is 0 Å². The van der Waals surface area contributed by atoms with Crippen LogP contribution in [0.2, 0.25) is 0 Å². The van der Waals surface area contributed by atoms with Crippen molar-refractivity contribution >= 4 is 0 Å². The Labute approximate surface area is 108 Å². The summed E-state index contributed by atoms with van der Waals surface area (Å²) >= 11 is 0. The van der Waals surface area contributed by atoms with Gasteiger partial charge in [-0.2, -0.15) is 0 Å². The summed E-state index contributed by atoms with van der Waals surface area (Å²) in [6, 6.07) is 0. The summed E-state index contributed by atoms with van der Waals surface area (Å²) in [5.41, 5.74) is 3.07. The molecule has 1 N–H and O–H groups in total. The molecule has 1 nitrogen and oxygen atoms in total. The summed E-state index contributed by atoms with van der Waals surface area (Å²) in [6.45, 7) is 8.98. The van der Waals surface area contributed by atoms with Crippen molar-refractivity contribution in [3.63, 3.8) is 0 Å². The van der Waals surface area contributed by atoms with Gasteiger partial charge in [0.1, 0.15) is 0 Å². The van der Waals surface area contributed by atoms with E-state index in [-0.39, 0.29) is 0 Å². The van der Waals surface area contributed by atoms with Crippen molar-refractivity contribution in [1.29, 1.82) is 0 Å². The van der Waals surface area contributed by atoms with E-state index in [1.54, 1.807) is 0 Å². The maximum absolute atomic E-state index is 3.38. The highest BCUT2D eigenvalue weighted by Gasteiger charge is 1.94. The summed E-state index contributed by atoms with van der Waals surface area (Å²) in [5, 5.41) is 3.38. The zero-order valence-electron chi connectivity index (χ0n) is 12.3. The second kappa shape index (κ2) is 11.8. The topological polar surface area (TPSA) is 12.0 Å². The molecule has 0 radical (unpaired) electrons. The molecule has 0 aromatic heterocycles. The normalized spacial score (nSPS) is 12.9. The van der Waals surface area contributed by atoms with E-state index < -0.39 is 0 Å². The quantitative estimate of drug-likeness (QED) is 0.525. The molecule has 100 valence electrons. The number of allylic oxidation sites excluding steroid dienone is 2. The van der Waals surface area contributed by atoms with E-state index in [1.165, 1.54) is 49.7 Å². The number of hydrogen-bond donors (Lipinski definition) is 1. The van der Waals surface area contributed by atoms with Gasteiger partial charge in [-0.1, -0.05) is 51.7 Å². The van der Waals surface area contributed by atoms with Crippen LogP contribution in [0.15, 0.2) is 23.5 Å². The summed E-state index contributed by atoms with van der Waals surface area (Å²) in [6.07, 6.45) is 14.4. The van der Waals surface area contributed by atoms with Crippen LogP contribution in [0, 0.1) is 0 Å². The van der Waals surface area contributed by atoms with E-state index in [2.05, 4.69) is 45.4 Å². The first-order valence-electron chi connectivity index (χ1n) is 7.40. The molecule has 0 aliphatic rings. The molecule has 0 amide bonds. The Hall–Kier alpha value is -0.720. The lowest BCUT2D eigenvalue weighted by Crippen LogP contribution is -1.99. The minimum atomic E-state index is 1.16. The summed E-state index contributed by atoms with van der Waals surface area (Å²) in [4.78, 5) is 0. The molecule has 0 spiro atoms. The fourth-order valence-electron chi connectivity index (χ4n) is 1.79. The number of rotatable bonds is 10. The van der Waals surface area contributed by atoms with Crippen LogP contribution < -0.4 is 5.32 Å². The zero-order chi connectivity index (χ0) is 12.9. The van der Waals surface area contributed by atoms with E-state index in [0.29, 0.717) is 0 Å². The lowest BCUT2D eigenvalue weighted by molar-refractivity contribution is 0.752. The minimum absolute atomic E-state index is 1.16. The average molecular weight is 237 g/mol. The van der Waals surface area contributed by atoms with Gasteiger partial charge in [-0.3, -0.25) is 0 Å². The molecule has 17 heavy (non-hydrogen) atoms. The van der Waals surface area contributed by atoms with Crippen molar-refractivity contribution in [2.75, 3.05) is 0 Å². The largest absolute Gasteiger partial charge is 0.368 e. The third-order valence-corrected chi connectivity index (χ3v) is 3.19. The highest BCUT2D eigenvalue weighted by molar-refractivity contribution is 5.06. The second-order valence-corrected chi connectivity index (χ2v) is 4.69. The van der Waals surface area contributed by atoms with Gasteiger partial charge in [-0.15, -0.1) is 0 Å². The van der Waals surface area contributed by atoms with Crippen molar-refractivity contribution in [3.05, 3.63) is 23.5 Å². The smallest absolute Gasteiger partial charge is 0.000372 e. The maximum Gasteiger partial charge on any atom is -0.000372 e. The predicted octanol–water partition coefficient (Wildman–Crippen LogP) is 5.54. The van der Waals surface area contributed by atoms with Crippen molar-refractivity contribution < 1.29 is 0 Å². The molecular weight excluding hydrogens is 206 g/mol. The first-order chi connectivity index (χ1) is 8.28. The van der Waals surface area contributed by atoms with Gasteiger partial charge in [-0.25, -0.2) is 0 Å². The number of nitrogens with one attached hydrogen (secondary N) is 1. The maximum atomic E-state index is 3.38. The molecule has 0 heterocycles. The van der Waals surface area contributed by atoms with Crippen LogP contribution in [0.3, 0.4) is 0 Å². The van der Waals surface area contributed by atoms with Gasteiger partial charge in [0.15, 0.2) is 0 Å². The van der Waals surface area contributed by atoms with E-state index >= 15 is 0 Å². The SMILES string of the molecule is CCCC/C(=C\N/C=C(\CC)CCCC)CC. The lowest BCUT2D eigenvalue weighted by Gasteiger charge is -2.06. The Morgan fingerprint density at radius 3 is 1.47 bits per heavy atom. The first kappa shape index (κ1) is 16.3. The fraction of sp³-hybridized carbons (Fsp3) is 0.750. The van der Waals surface area contributed by atoms with Crippen LogP contribution >= 0.6 is 0 Å². The molecule has 0 bridgehead atoms. The molecular formula is C16H31N. The van der Waals surface area contributed by atoms with Crippen LogP contribution in [0.1, 0.15) is 79.1 Å². The third-order valence-electron chi connectivity index (χ3n) is 3.19. The molecule has 0 unspecified atom stereocenters. The molecule has 0 saturated carbocycles. The summed E-state index contributed by atoms with van der Waals surface area (Å²) in [7, 11) is 0. The number of hydrogen-bond acceptors (Lipinski definition) is 1. The standard InChI is InChI=1S/C16H31N/c1-5-9-11-15(7-3)13-17-14-16(8-4)12-10-6-2/h13-14,17H,5-12H2,1-4H3/b15-13-,16-14+. The van der Waals surface area contributed by atoms with Crippen molar-refractivity contribution in [1.82, 2.24) is 5.32 Å². The molecule has 0 aliphatic heterocycles. The molecule has 0 fully saturated rings. The van der Waals surface area contributed by atoms with E-state index in [4.69, 9.17) is 0 Å². The molecule has 0 aromatic rings. The van der Waals surface area contributed by atoms with Crippen LogP contribution in [-0.2, 0) is 0 Å². The summed E-state index contributed by atoms with van der Waals surface area (Å²) in [5.74, 6) is 0. The van der Waals surface area contributed by atoms with Crippen molar-refractivity contribution in [2.24, 2.45) is 0 Å². The molecule has 0 rings (SSSR count). The summed E-state index contributed by atoms with van der Waals surface area (Å²) < 4.78 is 0. The highest BCUT2D eigenvalue weighted by Crippen LogP contribution is 2.11. The van der Waals surface area contributed by atoms with Gasteiger partial charge in [0.25, 0.3) is 0 Å². The molecule has 1 heteroatoms. The third kappa shape index (κ3) is 9.02. The van der Waals surface area contributed by atoms with Crippen LogP contribution in [0.5, 0.6) is 0 Å².